The summed E-state index contributed by atoms with van der Waals surface area (Å²) >= 11 is 0. The second kappa shape index (κ2) is 16.5. The number of esters is 4. The molecule has 18 heteroatoms. The van der Waals surface area contributed by atoms with Gasteiger partial charge in [-0.15, -0.1) is 0 Å². The van der Waals surface area contributed by atoms with Crippen LogP contribution in [0.15, 0.2) is 54.6 Å². The summed E-state index contributed by atoms with van der Waals surface area (Å²) in [6.45, 7) is 3.78. The number of nitro groups is 1. The first-order chi connectivity index (χ1) is 24.3. The van der Waals surface area contributed by atoms with Crippen molar-refractivity contribution in [3.8, 4) is 5.75 Å². The molecule has 2 aromatic rings. The molecule has 3 aliphatic heterocycles. The molecule has 5 rings (SSSR count). The minimum atomic E-state index is -1.71. The molecule has 0 saturated carbocycles. The van der Waals surface area contributed by atoms with Gasteiger partial charge in [-0.3, -0.25) is 29.3 Å². The quantitative estimate of drug-likeness (QED) is 0.151. The molecule has 18 nitrogen and oxygen atoms in total. The molecule has 0 radical (unpaired) electrons. The molecule has 1 N–H and O–H groups in total. The van der Waals surface area contributed by atoms with Crippen molar-refractivity contribution in [3.63, 3.8) is 0 Å². The van der Waals surface area contributed by atoms with Crippen LogP contribution in [-0.4, -0.2) is 109 Å². The molecule has 0 aromatic heterocycles. The Morgan fingerprint density at radius 3 is 2.02 bits per heavy atom. The highest BCUT2D eigenvalue weighted by atomic mass is 16.8. The van der Waals surface area contributed by atoms with Gasteiger partial charge in [-0.25, -0.2) is 0 Å². The zero-order valence-corrected chi connectivity index (χ0v) is 27.9. The number of nitrogens with zero attached hydrogens (tertiary/aromatic N) is 1. The summed E-state index contributed by atoms with van der Waals surface area (Å²) in [5.41, 5.74) is 0.447. The van der Waals surface area contributed by atoms with Crippen LogP contribution in [0.3, 0.4) is 0 Å². The molecule has 0 aliphatic carbocycles. The number of ether oxygens (including phenoxy) is 10. The predicted molar refractivity (Wildman–Crippen MR) is 165 cm³/mol. The third-order valence-electron chi connectivity index (χ3n) is 7.92. The Morgan fingerprint density at radius 2 is 1.41 bits per heavy atom. The fourth-order valence-electron chi connectivity index (χ4n) is 5.82. The van der Waals surface area contributed by atoms with Crippen molar-refractivity contribution in [3.05, 3.63) is 70.3 Å². The molecule has 3 saturated heterocycles. The maximum absolute atomic E-state index is 12.4. The molecule has 3 fully saturated rings. The molecule has 3 heterocycles. The zero-order chi connectivity index (χ0) is 36.8. The van der Waals surface area contributed by atoms with E-state index in [0.29, 0.717) is 5.56 Å². The van der Waals surface area contributed by atoms with Gasteiger partial charge in [-0.1, -0.05) is 30.3 Å². The van der Waals surface area contributed by atoms with E-state index in [-0.39, 0.29) is 18.0 Å². The maximum Gasteiger partial charge on any atom is 0.303 e. The molecule has 276 valence electrons. The summed E-state index contributed by atoms with van der Waals surface area (Å²) in [4.78, 5) is 59.2. The number of hydrogen-bond acceptors (Lipinski definition) is 17. The van der Waals surface area contributed by atoms with Gasteiger partial charge >= 0.3 is 23.9 Å². The Kier molecular flexibility index (Phi) is 12.2. The van der Waals surface area contributed by atoms with Crippen molar-refractivity contribution in [2.24, 2.45) is 0 Å². The van der Waals surface area contributed by atoms with E-state index in [9.17, 15) is 34.4 Å². The lowest BCUT2D eigenvalue weighted by molar-refractivity contribution is -0.385. The van der Waals surface area contributed by atoms with Crippen LogP contribution in [0.4, 0.5) is 5.69 Å². The van der Waals surface area contributed by atoms with Crippen LogP contribution in [0.1, 0.15) is 39.5 Å². The van der Waals surface area contributed by atoms with Crippen molar-refractivity contribution in [1.82, 2.24) is 0 Å². The Balaban J connectivity index is 1.50. The lowest BCUT2D eigenvalue weighted by Gasteiger charge is -2.49. The number of hydrogen-bond donors (Lipinski definition) is 1. The van der Waals surface area contributed by atoms with Gasteiger partial charge in [0, 0.05) is 45.4 Å². The predicted octanol–water partition coefficient (Wildman–Crippen LogP) is 1.64. The Hall–Kier alpha value is -4.72. The van der Waals surface area contributed by atoms with Crippen molar-refractivity contribution < 1.29 is 76.6 Å². The molecule has 11 unspecified atom stereocenters. The third-order valence-corrected chi connectivity index (χ3v) is 7.92. The fraction of sp³-hybridized carbons (Fsp3) is 0.515. The van der Waals surface area contributed by atoms with Gasteiger partial charge < -0.3 is 52.5 Å². The van der Waals surface area contributed by atoms with E-state index < -0.39 is 103 Å². The number of carbonyl (C=O) groups is 4. The SMILES string of the molecule is CC(=O)OCC1OC(OC2C(Oc3ccc([N+](=O)[O-])cc3)OC3COC(c4ccccc4)OC3C2O)C(OC(C)=O)C(OC(C)=O)C1OC(C)=O. The summed E-state index contributed by atoms with van der Waals surface area (Å²) in [7, 11) is 0. The first kappa shape index (κ1) is 37.5. The number of rotatable bonds is 11. The number of aliphatic hydroxyl groups excluding tert-OH is 1. The fourth-order valence-corrected chi connectivity index (χ4v) is 5.82. The molecule has 11 atom stereocenters. The van der Waals surface area contributed by atoms with Gasteiger partial charge in [0.25, 0.3) is 5.69 Å². The van der Waals surface area contributed by atoms with E-state index in [0.717, 1.165) is 27.7 Å². The lowest BCUT2D eigenvalue weighted by atomic mass is 9.96. The third kappa shape index (κ3) is 9.34. The molecule has 3 aliphatic rings. The standard InChI is InChI=1S/C33H37NO17/c1-16(35)42-14-24-27(44-17(2)36)29(45-18(3)37)30(46-19(4)38)33(49-24)51-28-25(39)26-23(15-43-31(50-26)20-8-6-5-7-9-20)48-32(28)47-22-12-10-21(11-13-22)34(40)41/h5-13,23-33,39H,14-15H2,1-4H3. The molecule has 0 amide bonds. The molecular weight excluding hydrogens is 682 g/mol. The van der Waals surface area contributed by atoms with Gasteiger partial charge in [0.2, 0.25) is 6.29 Å². The van der Waals surface area contributed by atoms with E-state index in [2.05, 4.69) is 0 Å². The van der Waals surface area contributed by atoms with Crippen LogP contribution < -0.4 is 4.74 Å². The number of nitro benzene ring substituents is 1. The largest absolute Gasteiger partial charge is 0.463 e. The average Bonchev–Trinajstić information content (AvgIpc) is 3.08. The molecular formula is C33H37NO17. The van der Waals surface area contributed by atoms with E-state index in [1.54, 1.807) is 24.3 Å². The Labute approximate surface area is 290 Å². The second-order valence-corrected chi connectivity index (χ2v) is 11.7. The van der Waals surface area contributed by atoms with Crippen molar-refractivity contribution >= 4 is 29.6 Å². The number of non-ortho nitro benzene ring substituents is 1. The monoisotopic (exact) mass is 719 g/mol. The van der Waals surface area contributed by atoms with Crippen LogP contribution >= 0.6 is 0 Å². The summed E-state index contributed by atoms with van der Waals surface area (Å²) in [6, 6.07) is 13.9. The van der Waals surface area contributed by atoms with E-state index in [1.807, 2.05) is 6.07 Å². The maximum atomic E-state index is 12.4. The van der Waals surface area contributed by atoms with Crippen LogP contribution in [0, 0.1) is 10.1 Å². The molecule has 0 bridgehead atoms. The average molecular weight is 720 g/mol. The van der Waals surface area contributed by atoms with E-state index in [4.69, 9.17) is 47.4 Å². The Morgan fingerprint density at radius 1 is 0.784 bits per heavy atom. The summed E-state index contributed by atoms with van der Waals surface area (Å²) in [5, 5.41) is 23.1. The second-order valence-electron chi connectivity index (χ2n) is 11.7. The van der Waals surface area contributed by atoms with Crippen LogP contribution in [0.2, 0.25) is 0 Å². The first-order valence-corrected chi connectivity index (χ1v) is 15.8. The number of fused-ring (bicyclic) bond motifs is 1. The zero-order valence-electron chi connectivity index (χ0n) is 27.9. The highest BCUT2D eigenvalue weighted by molar-refractivity contribution is 5.68. The van der Waals surface area contributed by atoms with Gasteiger partial charge in [-0.2, -0.15) is 0 Å². The highest BCUT2D eigenvalue weighted by Crippen LogP contribution is 2.38. The Bertz CT molecular complexity index is 1550. The number of aliphatic hydroxyl groups is 1. The van der Waals surface area contributed by atoms with Gasteiger partial charge in [0.1, 0.15) is 36.8 Å². The van der Waals surface area contributed by atoms with Crippen molar-refractivity contribution in [2.75, 3.05) is 13.2 Å². The van der Waals surface area contributed by atoms with E-state index >= 15 is 0 Å². The summed E-state index contributed by atoms with van der Waals surface area (Å²) < 4.78 is 58.2. The minimum Gasteiger partial charge on any atom is -0.463 e. The van der Waals surface area contributed by atoms with Gasteiger partial charge in [0.05, 0.1) is 11.5 Å². The molecule has 2 aromatic carbocycles. The number of benzene rings is 2. The molecule has 51 heavy (non-hydrogen) atoms. The van der Waals surface area contributed by atoms with E-state index in [1.165, 1.54) is 24.3 Å². The smallest absolute Gasteiger partial charge is 0.303 e. The minimum absolute atomic E-state index is 0.0484. The van der Waals surface area contributed by atoms with Crippen molar-refractivity contribution in [2.45, 2.75) is 95.4 Å². The van der Waals surface area contributed by atoms with Crippen LogP contribution in [0.25, 0.3) is 0 Å². The number of carbonyl (C=O) groups excluding carboxylic acids is 4. The van der Waals surface area contributed by atoms with Crippen LogP contribution in [0.5, 0.6) is 5.75 Å². The molecule has 0 spiro atoms. The highest BCUT2D eigenvalue weighted by Gasteiger charge is 2.57. The summed E-state index contributed by atoms with van der Waals surface area (Å²) in [5.74, 6) is -3.17. The van der Waals surface area contributed by atoms with Gasteiger partial charge in [0.15, 0.2) is 37.0 Å². The lowest BCUT2D eigenvalue weighted by Crippen LogP contribution is -2.67. The van der Waals surface area contributed by atoms with Crippen molar-refractivity contribution in [1.29, 1.82) is 0 Å². The topological polar surface area (TPSA) is 224 Å². The first-order valence-electron chi connectivity index (χ1n) is 15.8. The normalized spacial score (nSPS) is 31.7. The van der Waals surface area contributed by atoms with Crippen LogP contribution in [-0.2, 0) is 61.8 Å². The van der Waals surface area contributed by atoms with Gasteiger partial charge in [-0.05, 0) is 12.1 Å². The summed E-state index contributed by atoms with van der Waals surface area (Å²) in [6.07, 6.45) is -15.1.